The number of likely N-dealkylation sites (tertiary alicyclic amines) is 2. The van der Waals surface area contributed by atoms with Gasteiger partial charge >= 0.3 is 5.97 Å². The van der Waals surface area contributed by atoms with E-state index < -0.39 is 5.97 Å². The van der Waals surface area contributed by atoms with Gasteiger partial charge < -0.3 is 10.1 Å². The number of nitrogens with zero attached hydrogens (tertiary/aromatic N) is 3. The number of aryl methyl sites for hydroxylation is 1. The minimum Gasteiger partial charge on any atom is -0.481 e. The second-order valence-electron chi connectivity index (χ2n) is 8.20. The standard InChI is InChI=1S/C21H28N4O2/c1-16-11-22-19(23-16)14-25-13-18(20(26)27)21(15-25)7-9-24(10-8-21)12-17-5-3-2-4-6-17/h2-6,11,18H,7-10,12-15H2,1H3,(H,22,23)(H,26,27). The third-order valence-electron chi connectivity index (χ3n) is 6.25. The largest absolute Gasteiger partial charge is 0.481 e. The summed E-state index contributed by atoms with van der Waals surface area (Å²) >= 11 is 0. The molecule has 0 bridgehead atoms. The molecule has 2 saturated heterocycles. The molecule has 2 aliphatic heterocycles. The Balaban J connectivity index is 1.41. The van der Waals surface area contributed by atoms with Gasteiger partial charge in [0.2, 0.25) is 0 Å². The van der Waals surface area contributed by atoms with Gasteiger partial charge in [-0.05, 0) is 38.4 Å². The highest BCUT2D eigenvalue weighted by atomic mass is 16.4. The second-order valence-corrected chi connectivity index (χ2v) is 8.20. The Morgan fingerprint density at radius 2 is 1.96 bits per heavy atom. The average molecular weight is 368 g/mol. The van der Waals surface area contributed by atoms with Crippen molar-refractivity contribution < 1.29 is 9.90 Å². The first-order valence-corrected chi connectivity index (χ1v) is 9.76. The predicted octanol–water partition coefficient (Wildman–Crippen LogP) is 2.52. The molecule has 1 aromatic carbocycles. The van der Waals surface area contributed by atoms with E-state index in [-0.39, 0.29) is 11.3 Å². The average Bonchev–Trinajstić information content (AvgIpc) is 3.22. The van der Waals surface area contributed by atoms with Crippen molar-refractivity contribution in [2.24, 2.45) is 11.3 Å². The maximum atomic E-state index is 12.0. The Morgan fingerprint density at radius 3 is 2.59 bits per heavy atom. The number of aromatic nitrogens is 2. The van der Waals surface area contributed by atoms with Crippen molar-refractivity contribution in [1.82, 2.24) is 19.8 Å². The molecule has 1 aromatic heterocycles. The van der Waals surface area contributed by atoms with Crippen LogP contribution in [0, 0.1) is 18.3 Å². The van der Waals surface area contributed by atoms with E-state index in [9.17, 15) is 9.90 Å². The van der Waals surface area contributed by atoms with Gasteiger partial charge in [-0.15, -0.1) is 0 Å². The summed E-state index contributed by atoms with van der Waals surface area (Å²) in [5.41, 5.74) is 2.26. The quantitative estimate of drug-likeness (QED) is 0.848. The topological polar surface area (TPSA) is 72.5 Å². The summed E-state index contributed by atoms with van der Waals surface area (Å²) in [6.45, 7) is 7.04. The molecule has 2 aliphatic rings. The van der Waals surface area contributed by atoms with Crippen LogP contribution in [0.25, 0.3) is 0 Å². The van der Waals surface area contributed by atoms with Crippen LogP contribution >= 0.6 is 0 Å². The molecule has 0 radical (unpaired) electrons. The number of H-pyrrole nitrogens is 1. The van der Waals surface area contributed by atoms with Crippen LogP contribution in [0.1, 0.15) is 29.9 Å². The molecule has 2 fully saturated rings. The molecule has 3 heterocycles. The fourth-order valence-corrected chi connectivity index (χ4v) is 4.80. The molecule has 0 aliphatic carbocycles. The lowest BCUT2D eigenvalue weighted by molar-refractivity contribution is -0.146. The van der Waals surface area contributed by atoms with Crippen LogP contribution in [-0.4, -0.2) is 57.0 Å². The van der Waals surface area contributed by atoms with Crippen molar-refractivity contribution in [3.63, 3.8) is 0 Å². The lowest BCUT2D eigenvalue weighted by Gasteiger charge is -2.41. The highest BCUT2D eigenvalue weighted by Gasteiger charge is 2.51. The number of carboxylic acid groups (broad SMARTS) is 1. The number of carboxylic acids is 1. The number of piperidine rings is 1. The van der Waals surface area contributed by atoms with E-state index in [1.54, 1.807) is 0 Å². The van der Waals surface area contributed by atoms with E-state index in [1.807, 2.05) is 19.2 Å². The molecule has 0 saturated carbocycles. The lowest BCUT2D eigenvalue weighted by atomic mass is 9.71. The molecule has 1 spiro atoms. The Kier molecular flexibility index (Phi) is 5.02. The van der Waals surface area contributed by atoms with E-state index in [0.29, 0.717) is 13.1 Å². The van der Waals surface area contributed by atoms with Gasteiger partial charge in [0.25, 0.3) is 0 Å². The van der Waals surface area contributed by atoms with E-state index in [2.05, 4.69) is 44.0 Å². The Labute approximate surface area is 160 Å². The zero-order valence-electron chi connectivity index (χ0n) is 15.9. The summed E-state index contributed by atoms with van der Waals surface area (Å²) in [4.78, 5) is 24.4. The summed E-state index contributed by atoms with van der Waals surface area (Å²) in [6.07, 6.45) is 3.73. The molecule has 4 rings (SSSR count). The Morgan fingerprint density at radius 1 is 1.22 bits per heavy atom. The van der Waals surface area contributed by atoms with Gasteiger partial charge in [-0.3, -0.25) is 14.6 Å². The number of hydrogen-bond acceptors (Lipinski definition) is 4. The number of aliphatic carboxylic acids is 1. The normalized spacial score (nSPS) is 23.1. The van der Waals surface area contributed by atoms with Crippen LogP contribution in [0.4, 0.5) is 0 Å². The second kappa shape index (κ2) is 7.44. The Hall–Kier alpha value is -2.18. The minimum atomic E-state index is -0.648. The fourth-order valence-electron chi connectivity index (χ4n) is 4.80. The van der Waals surface area contributed by atoms with Crippen LogP contribution in [-0.2, 0) is 17.9 Å². The molecule has 27 heavy (non-hydrogen) atoms. The number of nitrogens with one attached hydrogen (secondary N) is 1. The van der Waals surface area contributed by atoms with E-state index in [0.717, 1.165) is 50.5 Å². The lowest BCUT2D eigenvalue weighted by Crippen LogP contribution is -2.45. The number of aromatic amines is 1. The van der Waals surface area contributed by atoms with Crippen molar-refractivity contribution in [3.05, 3.63) is 53.6 Å². The minimum absolute atomic E-state index is 0.110. The predicted molar refractivity (Wildman–Crippen MR) is 103 cm³/mol. The molecule has 6 heteroatoms. The Bertz CT molecular complexity index is 780. The summed E-state index contributed by atoms with van der Waals surface area (Å²) in [6, 6.07) is 10.5. The molecule has 1 unspecified atom stereocenters. The number of benzene rings is 1. The zero-order valence-corrected chi connectivity index (χ0v) is 15.9. The van der Waals surface area contributed by atoms with Gasteiger partial charge in [0.05, 0.1) is 12.5 Å². The smallest absolute Gasteiger partial charge is 0.308 e. The van der Waals surface area contributed by atoms with Gasteiger partial charge in [0.15, 0.2) is 0 Å². The van der Waals surface area contributed by atoms with Gasteiger partial charge in [-0.1, -0.05) is 30.3 Å². The van der Waals surface area contributed by atoms with E-state index >= 15 is 0 Å². The maximum Gasteiger partial charge on any atom is 0.308 e. The monoisotopic (exact) mass is 368 g/mol. The summed E-state index contributed by atoms with van der Waals surface area (Å²) < 4.78 is 0. The van der Waals surface area contributed by atoms with Crippen LogP contribution in [0.2, 0.25) is 0 Å². The first kappa shape index (κ1) is 18.2. The summed E-state index contributed by atoms with van der Waals surface area (Å²) in [7, 11) is 0. The fraction of sp³-hybridized carbons (Fsp3) is 0.524. The number of imidazole rings is 1. The third-order valence-corrected chi connectivity index (χ3v) is 6.25. The van der Waals surface area contributed by atoms with E-state index in [4.69, 9.17) is 0 Å². The first-order valence-electron chi connectivity index (χ1n) is 9.76. The number of carbonyl (C=O) groups is 1. The molecule has 6 nitrogen and oxygen atoms in total. The van der Waals surface area contributed by atoms with Gasteiger partial charge in [0.1, 0.15) is 5.82 Å². The first-order chi connectivity index (χ1) is 13.0. The zero-order chi connectivity index (χ0) is 18.9. The van der Waals surface area contributed by atoms with Gasteiger partial charge in [-0.2, -0.15) is 0 Å². The van der Waals surface area contributed by atoms with Crippen molar-refractivity contribution >= 4 is 5.97 Å². The SMILES string of the molecule is Cc1cnc(CN2CC(C(=O)O)C3(CCN(Cc4ccccc4)CC3)C2)[nH]1. The van der Waals surface area contributed by atoms with E-state index in [1.165, 1.54) is 5.56 Å². The third kappa shape index (κ3) is 3.92. The summed E-state index contributed by atoms with van der Waals surface area (Å²) in [5, 5.41) is 9.86. The maximum absolute atomic E-state index is 12.0. The molecule has 144 valence electrons. The molecule has 1 atom stereocenters. The van der Waals surface area contributed by atoms with Crippen molar-refractivity contribution in [3.8, 4) is 0 Å². The van der Waals surface area contributed by atoms with Gasteiger partial charge in [-0.25, -0.2) is 4.98 Å². The van der Waals surface area contributed by atoms with Crippen LogP contribution < -0.4 is 0 Å². The molecule has 0 amide bonds. The summed E-state index contributed by atoms with van der Waals surface area (Å²) in [5.74, 6) is -0.00716. The molecular formula is C21H28N4O2. The number of hydrogen-bond donors (Lipinski definition) is 2. The van der Waals surface area contributed by atoms with Gasteiger partial charge in [0, 0.05) is 36.9 Å². The highest BCUT2D eigenvalue weighted by Crippen LogP contribution is 2.45. The molecule has 2 aromatic rings. The molecule has 2 N–H and O–H groups in total. The van der Waals surface area contributed by atoms with Crippen LogP contribution in [0.3, 0.4) is 0 Å². The highest BCUT2D eigenvalue weighted by molar-refractivity contribution is 5.72. The van der Waals surface area contributed by atoms with Crippen LogP contribution in [0.5, 0.6) is 0 Å². The number of rotatable bonds is 5. The van der Waals surface area contributed by atoms with Crippen LogP contribution in [0.15, 0.2) is 36.5 Å². The van der Waals surface area contributed by atoms with Crippen molar-refractivity contribution in [2.45, 2.75) is 32.9 Å². The van der Waals surface area contributed by atoms with Crippen molar-refractivity contribution in [2.75, 3.05) is 26.2 Å². The van der Waals surface area contributed by atoms with Crippen molar-refractivity contribution in [1.29, 1.82) is 0 Å². The molecular weight excluding hydrogens is 340 g/mol.